The Bertz CT molecular complexity index is 832. The number of nitrogens with one attached hydrogen (secondary N) is 1. The topological polar surface area (TPSA) is 76.1 Å². The number of thiazole rings is 1. The number of nitrogens with zero attached hydrogens (tertiary/aromatic N) is 1. The number of benzene rings is 1. The standard InChI is InChI=1S/C18H24N2O3S2/c1-13-20-16(12-24-13)15-7-5-14(6-8-15)11-17(21)19-9-10-25(22,23)18(2,3)4/h5-8,12H,9-11H2,1-4H3,(H,19,21). The highest BCUT2D eigenvalue weighted by Gasteiger charge is 2.28. The first kappa shape index (κ1) is 19.6. The van der Waals surface area contributed by atoms with Gasteiger partial charge in [0.1, 0.15) is 0 Å². The van der Waals surface area contributed by atoms with Crippen molar-refractivity contribution in [2.24, 2.45) is 0 Å². The second-order valence-electron chi connectivity index (χ2n) is 6.91. The van der Waals surface area contributed by atoms with E-state index in [9.17, 15) is 13.2 Å². The maximum absolute atomic E-state index is 12.0. The molecule has 0 aliphatic heterocycles. The number of amides is 1. The number of carbonyl (C=O) groups excluding carboxylic acids is 1. The Morgan fingerprint density at radius 3 is 2.36 bits per heavy atom. The fraction of sp³-hybridized carbons (Fsp3) is 0.444. The van der Waals surface area contributed by atoms with Gasteiger partial charge in [-0.25, -0.2) is 13.4 Å². The molecule has 0 spiro atoms. The molecule has 136 valence electrons. The number of rotatable bonds is 6. The third-order valence-corrected chi connectivity index (χ3v) is 7.24. The SMILES string of the molecule is Cc1nc(-c2ccc(CC(=O)NCCS(=O)(=O)C(C)(C)C)cc2)cs1. The third kappa shape index (κ3) is 5.37. The van der Waals surface area contributed by atoms with Crippen LogP contribution in [0.3, 0.4) is 0 Å². The van der Waals surface area contributed by atoms with Crippen LogP contribution >= 0.6 is 11.3 Å². The zero-order valence-corrected chi connectivity index (χ0v) is 16.6. The van der Waals surface area contributed by atoms with Crippen molar-refractivity contribution in [1.82, 2.24) is 10.3 Å². The Morgan fingerprint density at radius 1 is 1.20 bits per heavy atom. The highest BCUT2D eigenvalue weighted by Crippen LogP contribution is 2.22. The van der Waals surface area contributed by atoms with Crippen molar-refractivity contribution < 1.29 is 13.2 Å². The van der Waals surface area contributed by atoms with E-state index >= 15 is 0 Å². The van der Waals surface area contributed by atoms with Gasteiger partial charge in [0.05, 0.1) is 27.6 Å². The van der Waals surface area contributed by atoms with Crippen molar-refractivity contribution in [3.63, 3.8) is 0 Å². The fourth-order valence-corrected chi connectivity index (χ4v) is 3.77. The second kappa shape index (κ2) is 7.66. The van der Waals surface area contributed by atoms with Gasteiger partial charge in [-0.15, -0.1) is 11.3 Å². The molecule has 0 unspecified atom stereocenters. The van der Waals surface area contributed by atoms with E-state index in [1.807, 2.05) is 36.6 Å². The van der Waals surface area contributed by atoms with E-state index < -0.39 is 14.6 Å². The number of aromatic nitrogens is 1. The predicted molar refractivity (Wildman–Crippen MR) is 103 cm³/mol. The van der Waals surface area contributed by atoms with Crippen LogP contribution < -0.4 is 5.32 Å². The van der Waals surface area contributed by atoms with E-state index in [2.05, 4.69) is 10.3 Å². The summed E-state index contributed by atoms with van der Waals surface area (Å²) in [5.41, 5.74) is 2.84. The summed E-state index contributed by atoms with van der Waals surface area (Å²) in [4.78, 5) is 16.4. The van der Waals surface area contributed by atoms with E-state index in [4.69, 9.17) is 0 Å². The van der Waals surface area contributed by atoms with Crippen LogP contribution in [0.2, 0.25) is 0 Å². The number of hydrogen-bond donors (Lipinski definition) is 1. The van der Waals surface area contributed by atoms with Crippen molar-refractivity contribution in [2.45, 2.75) is 38.9 Å². The third-order valence-electron chi connectivity index (χ3n) is 3.86. The molecular weight excluding hydrogens is 356 g/mol. The van der Waals surface area contributed by atoms with Gasteiger partial charge in [-0.05, 0) is 33.3 Å². The summed E-state index contributed by atoms with van der Waals surface area (Å²) in [7, 11) is -3.22. The van der Waals surface area contributed by atoms with Crippen LogP contribution in [0.15, 0.2) is 29.6 Å². The van der Waals surface area contributed by atoms with Crippen LogP contribution in [0.25, 0.3) is 11.3 Å². The molecule has 1 heterocycles. The quantitative estimate of drug-likeness (QED) is 0.836. The summed E-state index contributed by atoms with van der Waals surface area (Å²) in [5, 5.41) is 5.70. The van der Waals surface area contributed by atoms with E-state index in [-0.39, 0.29) is 24.6 Å². The predicted octanol–water partition coefficient (Wildman–Crippen LogP) is 2.99. The Labute approximate surface area is 153 Å². The van der Waals surface area contributed by atoms with Gasteiger partial charge in [-0.3, -0.25) is 4.79 Å². The average Bonchev–Trinajstić information content (AvgIpc) is 2.93. The summed E-state index contributed by atoms with van der Waals surface area (Å²) in [6, 6.07) is 7.69. The minimum atomic E-state index is -3.22. The molecule has 1 aromatic carbocycles. The zero-order valence-electron chi connectivity index (χ0n) is 15.0. The second-order valence-corrected chi connectivity index (χ2v) is 10.8. The van der Waals surface area contributed by atoms with Gasteiger partial charge in [0.25, 0.3) is 0 Å². The highest BCUT2D eigenvalue weighted by molar-refractivity contribution is 7.92. The van der Waals surface area contributed by atoms with E-state index in [1.165, 1.54) is 0 Å². The van der Waals surface area contributed by atoms with Crippen molar-refractivity contribution in [1.29, 1.82) is 0 Å². The molecule has 5 nitrogen and oxygen atoms in total. The average molecular weight is 381 g/mol. The van der Waals surface area contributed by atoms with Crippen molar-refractivity contribution >= 4 is 27.1 Å². The summed E-state index contributed by atoms with van der Waals surface area (Å²) >= 11 is 1.60. The molecule has 0 aliphatic rings. The molecule has 1 amide bonds. The summed E-state index contributed by atoms with van der Waals surface area (Å²) in [5.74, 6) is -0.231. The lowest BCUT2D eigenvalue weighted by atomic mass is 10.1. The number of sulfone groups is 1. The lowest BCUT2D eigenvalue weighted by molar-refractivity contribution is -0.120. The molecule has 1 N–H and O–H groups in total. The van der Waals surface area contributed by atoms with Crippen LogP contribution in [-0.4, -0.2) is 36.4 Å². The number of aryl methyl sites for hydroxylation is 1. The van der Waals surface area contributed by atoms with E-state index in [0.717, 1.165) is 21.8 Å². The number of hydrogen-bond acceptors (Lipinski definition) is 5. The largest absolute Gasteiger partial charge is 0.355 e. The summed E-state index contributed by atoms with van der Waals surface area (Å²) in [6.07, 6.45) is 0.228. The first-order chi connectivity index (χ1) is 11.6. The maximum Gasteiger partial charge on any atom is 0.224 e. The Balaban J connectivity index is 1.87. The fourth-order valence-electron chi connectivity index (χ4n) is 2.17. The first-order valence-corrected chi connectivity index (χ1v) is 10.6. The molecule has 1 aromatic heterocycles. The monoisotopic (exact) mass is 380 g/mol. The molecule has 0 bridgehead atoms. The molecule has 0 radical (unpaired) electrons. The van der Waals surface area contributed by atoms with Gasteiger partial charge in [0, 0.05) is 17.5 Å². The molecule has 0 saturated carbocycles. The summed E-state index contributed by atoms with van der Waals surface area (Å²) in [6.45, 7) is 7.09. The van der Waals surface area contributed by atoms with Gasteiger partial charge >= 0.3 is 0 Å². The molecular formula is C18H24N2O3S2. The minimum absolute atomic E-state index is 0.0512. The maximum atomic E-state index is 12.0. The summed E-state index contributed by atoms with van der Waals surface area (Å²) < 4.78 is 23.2. The highest BCUT2D eigenvalue weighted by atomic mass is 32.2. The van der Waals surface area contributed by atoms with Crippen LogP contribution in [0.4, 0.5) is 0 Å². The molecule has 0 saturated heterocycles. The Kier molecular flexibility index (Phi) is 6.00. The van der Waals surface area contributed by atoms with Crippen molar-refractivity contribution in [2.75, 3.05) is 12.3 Å². The van der Waals surface area contributed by atoms with Gasteiger partial charge in [-0.2, -0.15) is 0 Å². The van der Waals surface area contributed by atoms with Gasteiger partial charge in [0.15, 0.2) is 9.84 Å². The molecule has 0 atom stereocenters. The van der Waals surface area contributed by atoms with Crippen LogP contribution in [0.1, 0.15) is 31.3 Å². The lowest BCUT2D eigenvalue weighted by Gasteiger charge is -2.19. The first-order valence-electron chi connectivity index (χ1n) is 8.09. The van der Waals surface area contributed by atoms with Crippen LogP contribution in [-0.2, 0) is 21.1 Å². The molecule has 2 aromatic rings. The Morgan fingerprint density at radius 2 is 1.84 bits per heavy atom. The molecule has 25 heavy (non-hydrogen) atoms. The number of carbonyl (C=O) groups is 1. The van der Waals surface area contributed by atoms with E-state index in [1.54, 1.807) is 32.1 Å². The molecule has 0 aliphatic carbocycles. The van der Waals surface area contributed by atoms with Crippen LogP contribution in [0, 0.1) is 6.92 Å². The smallest absolute Gasteiger partial charge is 0.224 e. The lowest BCUT2D eigenvalue weighted by Crippen LogP contribution is -2.36. The van der Waals surface area contributed by atoms with Crippen molar-refractivity contribution in [3.05, 3.63) is 40.2 Å². The van der Waals surface area contributed by atoms with Gasteiger partial charge < -0.3 is 5.32 Å². The molecule has 0 fully saturated rings. The zero-order chi connectivity index (χ0) is 18.7. The molecule has 2 rings (SSSR count). The minimum Gasteiger partial charge on any atom is -0.355 e. The van der Waals surface area contributed by atoms with Crippen molar-refractivity contribution in [3.8, 4) is 11.3 Å². The Hall–Kier alpha value is -1.73. The van der Waals surface area contributed by atoms with E-state index in [0.29, 0.717) is 0 Å². The van der Waals surface area contributed by atoms with Gasteiger partial charge in [-0.1, -0.05) is 24.3 Å². The van der Waals surface area contributed by atoms with Crippen LogP contribution in [0.5, 0.6) is 0 Å². The molecule has 7 heteroatoms. The normalized spacial score (nSPS) is 12.2. The van der Waals surface area contributed by atoms with Gasteiger partial charge in [0.2, 0.25) is 5.91 Å².